The molecule has 1 atom stereocenters. The van der Waals surface area contributed by atoms with Crippen LogP contribution in [0.5, 0.6) is 5.88 Å². The number of alkyl halides is 6. The van der Waals surface area contributed by atoms with Gasteiger partial charge in [0.1, 0.15) is 5.56 Å². The Balaban J connectivity index is 1.28. The Labute approximate surface area is 205 Å². The lowest BCUT2D eigenvalue weighted by Crippen LogP contribution is -2.32. The summed E-state index contributed by atoms with van der Waals surface area (Å²) in [7, 11) is 0. The van der Waals surface area contributed by atoms with Crippen molar-refractivity contribution in [3.8, 4) is 5.88 Å². The number of hydrogen-bond donors (Lipinski definition) is 2. The van der Waals surface area contributed by atoms with Crippen LogP contribution in [-0.4, -0.2) is 63.3 Å². The Morgan fingerprint density at radius 3 is 2.54 bits per heavy atom. The standard InChI is InChI=1S/C21H19F6N7O3/c22-20(23,24)11-34-4-3-12(9-34)10-36-17-2-1-13(5-30-17)32-18(35)14-6-31-37-19(14)33-16-8-28-15(7-29-16)21(25,26)27/h1-2,5-8,12H,3-4,9-11H2,(H,29,33)(H,32,35)/t12-/m1/s1. The van der Waals surface area contributed by atoms with Gasteiger partial charge >= 0.3 is 12.4 Å². The van der Waals surface area contributed by atoms with Crippen molar-refractivity contribution in [3.05, 3.63) is 48.2 Å². The number of carbonyl (C=O) groups is 1. The van der Waals surface area contributed by atoms with Crippen LogP contribution in [0.1, 0.15) is 22.5 Å². The van der Waals surface area contributed by atoms with E-state index in [4.69, 9.17) is 9.26 Å². The van der Waals surface area contributed by atoms with Gasteiger partial charge in [-0.2, -0.15) is 26.3 Å². The molecule has 1 amide bonds. The van der Waals surface area contributed by atoms with Gasteiger partial charge in [0, 0.05) is 18.5 Å². The predicted molar refractivity (Wildman–Crippen MR) is 115 cm³/mol. The normalized spacial score (nSPS) is 16.5. The van der Waals surface area contributed by atoms with Gasteiger partial charge in [-0.25, -0.2) is 15.0 Å². The number of anilines is 3. The number of aromatic nitrogens is 4. The van der Waals surface area contributed by atoms with Crippen LogP contribution in [0.4, 0.5) is 43.7 Å². The summed E-state index contributed by atoms with van der Waals surface area (Å²) < 4.78 is 85.9. The number of nitrogens with one attached hydrogen (secondary N) is 2. The Hall–Kier alpha value is -3.95. The zero-order chi connectivity index (χ0) is 26.6. The van der Waals surface area contributed by atoms with Crippen LogP contribution < -0.4 is 15.4 Å². The molecule has 10 nitrogen and oxygen atoms in total. The summed E-state index contributed by atoms with van der Waals surface area (Å²) in [5, 5.41) is 8.60. The highest BCUT2D eigenvalue weighted by atomic mass is 19.4. The number of pyridine rings is 1. The van der Waals surface area contributed by atoms with E-state index in [2.05, 4.69) is 30.7 Å². The lowest BCUT2D eigenvalue weighted by Gasteiger charge is -2.17. The molecule has 1 saturated heterocycles. The van der Waals surface area contributed by atoms with Crippen LogP contribution in [0.15, 0.2) is 41.4 Å². The van der Waals surface area contributed by atoms with Crippen molar-refractivity contribution in [1.82, 2.24) is 25.0 Å². The van der Waals surface area contributed by atoms with E-state index >= 15 is 0 Å². The van der Waals surface area contributed by atoms with Crippen LogP contribution in [0, 0.1) is 5.92 Å². The van der Waals surface area contributed by atoms with Crippen molar-refractivity contribution >= 4 is 23.3 Å². The minimum Gasteiger partial charge on any atom is -0.477 e. The molecule has 0 unspecified atom stereocenters. The first-order chi connectivity index (χ1) is 17.5. The van der Waals surface area contributed by atoms with Gasteiger partial charge < -0.3 is 19.9 Å². The lowest BCUT2D eigenvalue weighted by atomic mass is 10.1. The van der Waals surface area contributed by atoms with Crippen LogP contribution >= 0.6 is 0 Å². The second-order valence-electron chi connectivity index (χ2n) is 8.13. The molecule has 198 valence electrons. The zero-order valence-electron chi connectivity index (χ0n) is 18.8. The highest BCUT2D eigenvalue weighted by Crippen LogP contribution is 2.28. The Kier molecular flexibility index (Phi) is 7.47. The van der Waals surface area contributed by atoms with Gasteiger partial charge in [0.05, 0.1) is 43.6 Å². The van der Waals surface area contributed by atoms with E-state index in [0.717, 1.165) is 12.4 Å². The van der Waals surface area contributed by atoms with Crippen LogP contribution in [-0.2, 0) is 6.18 Å². The number of rotatable bonds is 8. The monoisotopic (exact) mass is 531 g/mol. The first-order valence-electron chi connectivity index (χ1n) is 10.8. The number of halogens is 6. The first kappa shape index (κ1) is 26.1. The zero-order valence-corrected chi connectivity index (χ0v) is 18.8. The number of hydrogen-bond acceptors (Lipinski definition) is 9. The average Bonchev–Trinajstić information content (AvgIpc) is 3.46. The molecule has 1 fully saturated rings. The molecule has 0 aromatic carbocycles. The van der Waals surface area contributed by atoms with E-state index in [9.17, 15) is 31.1 Å². The largest absolute Gasteiger partial charge is 0.477 e. The molecule has 4 heterocycles. The molecule has 0 bridgehead atoms. The van der Waals surface area contributed by atoms with Crippen LogP contribution in [0.25, 0.3) is 0 Å². The molecule has 16 heteroatoms. The molecule has 0 aliphatic carbocycles. The highest BCUT2D eigenvalue weighted by molar-refractivity contribution is 6.07. The summed E-state index contributed by atoms with van der Waals surface area (Å²) >= 11 is 0. The molecule has 1 aliphatic rings. The molecule has 0 spiro atoms. The van der Waals surface area contributed by atoms with Gasteiger partial charge in [0.2, 0.25) is 11.8 Å². The molecular weight excluding hydrogens is 512 g/mol. The average molecular weight is 531 g/mol. The maximum absolute atomic E-state index is 12.6. The summed E-state index contributed by atoms with van der Waals surface area (Å²) in [6.45, 7) is -0.120. The number of ether oxygens (including phenoxy) is 1. The van der Waals surface area contributed by atoms with Crippen molar-refractivity contribution < 1.29 is 40.4 Å². The first-order valence-corrected chi connectivity index (χ1v) is 10.8. The van der Waals surface area contributed by atoms with E-state index in [1.807, 2.05) is 0 Å². The van der Waals surface area contributed by atoms with Gasteiger partial charge in [-0.3, -0.25) is 9.69 Å². The molecule has 1 aliphatic heterocycles. The smallest absolute Gasteiger partial charge is 0.434 e. The lowest BCUT2D eigenvalue weighted by molar-refractivity contribution is -0.144. The fourth-order valence-electron chi connectivity index (χ4n) is 3.53. The fraction of sp³-hybridized carbons (Fsp3) is 0.381. The molecule has 4 rings (SSSR count). The third-order valence-corrected chi connectivity index (χ3v) is 5.23. The summed E-state index contributed by atoms with van der Waals surface area (Å²) in [6, 6.07) is 3.00. The summed E-state index contributed by atoms with van der Waals surface area (Å²) in [6.07, 6.45) is -4.53. The van der Waals surface area contributed by atoms with Crippen LogP contribution in [0.2, 0.25) is 0 Å². The van der Waals surface area contributed by atoms with E-state index < -0.39 is 30.5 Å². The van der Waals surface area contributed by atoms with Gasteiger partial charge in [0.25, 0.3) is 5.91 Å². The second-order valence-corrected chi connectivity index (χ2v) is 8.13. The van der Waals surface area contributed by atoms with Crippen molar-refractivity contribution in [2.45, 2.75) is 18.8 Å². The van der Waals surface area contributed by atoms with Crippen LogP contribution in [0.3, 0.4) is 0 Å². The molecule has 2 N–H and O–H groups in total. The number of nitrogens with zero attached hydrogens (tertiary/aromatic N) is 5. The molecule has 37 heavy (non-hydrogen) atoms. The van der Waals surface area contributed by atoms with Gasteiger partial charge in [-0.1, -0.05) is 5.16 Å². The van der Waals surface area contributed by atoms with E-state index in [1.54, 1.807) is 0 Å². The molecule has 3 aromatic heterocycles. The van der Waals surface area contributed by atoms with Gasteiger partial charge in [-0.05, 0) is 19.0 Å². The minimum atomic E-state index is -4.65. The van der Waals surface area contributed by atoms with E-state index in [0.29, 0.717) is 19.2 Å². The third-order valence-electron chi connectivity index (χ3n) is 5.23. The second kappa shape index (κ2) is 10.6. The topological polar surface area (TPSA) is 118 Å². The Morgan fingerprint density at radius 2 is 1.89 bits per heavy atom. The maximum Gasteiger partial charge on any atom is 0.434 e. The minimum absolute atomic E-state index is 0.0580. The van der Waals surface area contributed by atoms with E-state index in [-0.39, 0.29) is 47.9 Å². The SMILES string of the molecule is O=C(Nc1ccc(OC[C@@H]2CCN(CC(F)(F)F)C2)nc1)c1cnoc1Nc1cnc(C(F)(F)F)cn1. The van der Waals surface area contributed by atoms with Crippen molar-refractivity contribution in [3.63, 3.8) is 0 Å². The summed E-state index contributed by atoms with van der Waals surface area (Å²) in [5.41, 5.74) is -0.956. The van der Waals surface area contributed by atoms with Crippen molar-refractivity contribution in [2.75, 3.05) is 36.9 Å². The molecule has 0 saturated carbocycles. The number of likely N-dealkylation sites (tertiary alicyclic amines) is 1. The summed E-state index contributed by atoms with van der Waals surface area (Å²) in [5.74, 6) is -0.756. The Bertz CT molecular complexity index is 1200. The number of amides is 1. The fourth-order valence-corrected chi connectivity index (χ4v) is 3.53. The molecular formula is C21H19F6N7O3. The molecule has 3 aromatic rings. The van der Waals surface area contributed by atoms with Gasteiger partial charge in [0.15, 0.2) is 11.5 Å². The van der Waals surface area contributed by atoms with Gasteiger partial charge in [-0.15, -0.1) is 0 Å². The predicted octanol–water partition coefficient (Wildman–Crippen LogP) is 4.14. The number of carbonyl (C=O) groups excluding carboxylic acids is 1. The van der Waals surface area contributed by atoms with Crippen molar-refractivity contribution in [2.24, 2.45) is 5.92 Å². The highest BCUT2D eigenvalue weighted by Gasteiger charge is 2.35. The third kappa shape index (κ3) is 7.28. The van der Waals surface area contributed by atoms with E-state index in [1.165, 1.54) is 23.2 Å². The van der Waals surface area contributed by atoms with Crippen molar-refractivity contribution in [1.29, 1.82) is 0 Å². The summed E-state index contributed by atoms with van der Waals surface area (Å²) in [4.78, 5) is 24.9. The quantitative estimate of drug-likeness (QED) is 0.414. The Morgan fingerprint density at radius 1 is 1.08 bits per heavy atom. The maximum atomic E-state index is 12.6. The molecule has 0 radical (unpaired) electrons.